The monoisotopic (exact) mass is 205 g/mol. The highest BCUT2D eigenvalue weighted by molar-refractivity contribution is 6.00. The van der Waals surface area contributed by atoms with E-state index >= 15 is 0 Å². The summed E-state index contributed by atoms with van der Waals surface area (Å²) in [6, 6.07) is 0. The van der Waals surface area contributed by atoms with Crippen molar-refractivity contribution in [2.45, 2.75) is 18.4 Å². The van der Waals surface area contributed by atoms with Gasteiger partial charge >= 0.3 is 0 Å². The Morgan fingerprint density at radius 1 is 1.40 bits per heavy atom. The summed E-state index contributed by atoms with van der Waals surface area (Å²) in [7, 11) is 0. The van der Waals surface area contributed by atoms with Crippen molar-refractivity contribution in [2.75, 3.05) is 13.1 Å². The Labute approximate surface area is 89.5 Å². The molecular formula is C12H15NO2. The summed E-state index contributed by atoms with van der Waals surface area (Å²) < 4.78 is 5.86. The van der Waals surface area contributed by atoms with Gasteiger partial charge in [0, 0.05) is 13.0 Å². The predicted octanol–water partition coefficient (Wildman–Crippen LogP) is 1.33. The maximum absolute atomic E-state index is 11.9. The van der Waals surface area contributed by atoms with E-state index in [1.54, 1.807) is 12.2 Å². The van der Waals surface area contributed by atoms with Gasteiger partial charge in [-0.1, -0.05) is 19.2 Å². The largest absolute Gasteiger partial charge is 0.485 e. The molecule has 2 aliphatic rings. The molecule has 80 valence electrons. The second kappa shape index (κ2) is 3.66. The number of carbonyl (C=O) groups is 1. The molecule has 1 N–H and O–H groups in total. The standard InChI is InChI=1S/C12H15NO2/c1-3-9-10(14)7-12(5-6-13-8-12)15-11(9)4-2/h3-4,13H,1-2,5-8H2. The Hall–Kier alpha value is -1.35. The van der Waals surface area contributed by atoms with E-state index in [2.05, 4.69) is 18.5 Å². The number of Topliss-reactive ketones (excluding diaryl/α,β-unsaturated/α-hetero) is 1. The van der Waals surface area contributed by atoms with Crippen LogP contribution in [0.2, 0.25) is 0 Å². The van der Waals surface area contributed by atoms with Crippen LogP contribution in [0.1, 0.15) is 12.8 Å². The smallest absolute Gasteiger partial charge is 0.170 e. The zero-order valence-corrected chi connectivity index (χ0v) is 8.71. The first-order valence-electron chi connectivity index (χ1n) is 5.13. The van der Waals surface area contributed by atoms with Crippen LogP contribution in [0.3, 0.4) is 0 Å². The zero-order valence-electron chi connectivity index (χ0n) is 8.71. The van der Waals surface area contributed by atoms with Gasteiger partial charge in [-0.05, 0) is 12.6 Å². The van der Waals surface area contributed by atoms with Crippen LogP contribution in [0.5, 0.6) is 0 Å². The van der Waals surface area contributed by atoms with Gasteiger partial charge in [-0.15, -0.1) is 0 Å². The van der Waals surface area contributed by atoms with Crippen LogP contribution in [0.15, 0.2) is 36.6 Å². The van der Waals surface area contributed by atoms with Gasteiger partial charge in [0.05, 0.1) is 12.0 Å². The average molecular weight is 205 g/mol. The molecule has 1 unspecified atom stereocenters. The highest BCUT2D eigenvalue weighted by Crippen LogP contribution is 2.34. The van der Waals surface area contributed by atoms with Crippen molar-refractivity contribution < 1.29 is 9.53 Å². The molecule has 0 aromatic heterocycles. The van der Waals surface area contributed by atoms with Crippen LogP contribution in [0.25, 0.3) is 0 Å². The molecule has 2 heterocycles. The number of nitrogens with one attached hydrogen (secondary N) is 1. The lowest BCUT2D eigenvalue weighted by atomic mass is 9.89. The molecule has 15 heavy (non-hydrogen) atoms. The number of rotatable bonds is 2. The third kappa shape index (κ3) is 1.63. The Bertz CT molecular complexity index is 349. The highest BCUT2D eigenvalue weighted by atomic mass is 16.5. The van der Waals surface area contributed by atoms with Crippen molar-refractivity contribution in [1.82, 2.24) is 5.32 Å². The number of carbonyl (C=O) groups excluding carboxylic acids is 1. The fourth-order valence-electron chi connectivity index (χ4n) is 2.17. The fourth-order valence-corrected chi connectivity index (χ4v) is 2.17. The molecule has 0 bridgehead atoms. The van der Waals surface area contributed by atoms with Crippen LogP contribution in [0, 0.1) is 0 Å². The van der Waals surface area contributed by atoms with E-state index < -0.39 is 0 Å². The van der Waals surface area contributed by atoms with Gasteiger partial charge in [-0.25, -0.2) is 0 Å². The second-order valence-corrected chi connectivity index (χ2v) is 4.00. The molecule has 0 aromatic carbocycles. The molecule has 1 saturated heterocycles. The molecule has 0 amide bonds. The quantitative estimate of drug-likeness (QED) is 0.739. The van der Waals surface area contributed by atoms with Crippen LogP contribution < -0.4 is 5.32 Å². The van der Waals surface area contributed by atoms with Crippen molar-refractivity contribution in [1.29, 1.82) is 0 Å². The third-order valence-corrected chi connectivity index (χ3v) is 2.97. The van der Waals surface area contributed by atoms with Gasteiger partial charge in [0.25, 0.3) is 0 Å². The summed E-state index contributed by atoms with van der Waals surface area (Å²) in [6.07, 6.45) is 4.46. The summed E-state index contributed by atoms with van der Waals surface area (Å²) in [4.78, 5) is 11.9. The maximum Gasteiger partial charge on any atom is 0.170 e. The summed E-state index contributed by atoms with van der Waals surface area (Å²) in [6.45, 7) is 8.93. The van der Waals surface area contributed by atoms with Crippen molar-refractivity contribution in [3.8, 4) is 0 Å². The first-order chi connectivity index (χ1) is 7.21. The Kier molecular flexibility index (Phi) is 2.49. The molecule has 1 spiro atoms. The number of ether oxygens (including phenoxy) is 1. The molecule has 0 saturated carbocycles. The number of hydrogen-bond donors (Lipinski definition) is 1. The molecule has 0 aliphatic carbocycles. The second-order valence-electron chi connectivity index (χ2n) is 4.00. The number of ketones is 1. The molecule has 3 heteroatoms. The van der Waals surface area contributed by atoms with E-state index in [0.717, 1.165) is 19.5 Å². The Balaban J connectivity index is 2.35. The number of hydrogen-bond acceptors (Lipinski definition) is 3. The molecule has 0 radical (unpaired) electrons. The zero-order chi connectivity index (χ0) is 10.9. The minimum Gasteiger partial charge on any atom is -0.485 e. The van der Waals surface area contributed by atoms with Gasteiger partial charge in [-0.2, -0.15) is 0 Å². The van der Waals surface area contributed by atoms with E-state index in [9.17, 15) is 4.79 Å². The fraction of sp³-hybridized carbons (Fsp3) is 0.417. The summed E-state index contributed by atoms with van der Waals surface area (Å²) in [5, 5.41) is 3.22. The topological polar surface area (TPSA) is 38.3 Å². The first-order valence-corrected chi connectivity index (χ1v) is 5.13. The van der Waals surface area contributed by atoms with Gasteiger partial charge in [0.2, 0.25) is 0 Å². The van der Waals surface area contributed by atoms with E-state index in [-0.39, 0.29) is 11.4 Å². The van der Waals surface area contributed by atoms with E-state index in [1.807, 2.05) is 0 Å². The van der Waals surface area contributed by atoms with Gasteiger partial charge in [0.15, 0.2) is 5.78 Å². The average Bonchev–Trinajstić information content (AvgIpc) is 2.65. The lowest BCUT2D eigenvalue weighted by molar-refractivity contribution is -0.123. The Morgan fingerprint density at radius 2 is 2.20 bits per heavy atom. The molecular weight excluding hydrogens is 190 g/mol. The minimum atomic E-state index is -0.340. The van der Waals surface area contributed by atoms with Gasteiger partial charge in [-0.3, -0.25) is 4.79 Å². The lowest BCUT2D eigenvalue weighted by Gasteiger charge is -2.34. The summed E-state index contributed by atoms with van der Waals surface area (Å²) >= 11 is 0. The molecule has 3 nitrogen and oxygen atoms in total. The summed E-state index contributed by atoms with van der Waals surface area (Å²) in [5.41, 5.74) is 0.218. The van der Waals surface area contributed by atoms with Gasteiger partial charge < -0.3 is 10.1 Å². The van der Waals surface area contributed by atoms with Crippen molar-refractivity contribution >= 4 is 5.78 Å². The lowest BCUT2D eigenvalue weighted by Crippen LogP contribution is -2.40. The molecule has 1 atom stereocenters. The maximum atomic E-state index is 11.9. The van der Waals surface area contributed by atoms with E-state index in [0.29, 0.717) is 17.8 Å². The molecule has 1 fully saturated rings. The van der Waals surface area contributed by atoms with E-state index in [4.69, 9.17) is 4.74 Å². The summed E-state index contributed by atoms with van der Waals surface area (Å²) in [5.74, 6) is 0.680. The first kappa shape index (κ1) is 10.2. The van der Waals surface area contributed by atoms with Crippen LogP contribution >= 0.6 is 0 Å². The van der Waals surface area contributed by atoms with Crippen molar-refractivity contribution in [2.24, 2.45) is 0 Å². The van der Waals surface area contributed by atoms with Crippen LogP contribution in [-0.4, -0.2) is 24.5 Å². The highest BCUT2D eigenvalue weighted by Gasteiger charge is 2.42. The van der Waals surface area contributed by atoms with Crippen LogP contribution in [0.4, 0.5) is 0 Å². The number of allylic oxidation sites excluding steroid dienone is 3. The third-order valence-electron chi connectivity index (χ3n) is 2.97. The molecule has 2 rings (SSSR count). The molecule has 0 aromatic rings. The minimum absolute atomic E-state index is 0.106. The molecule has 2 aliphatic heterocycles. The van der Waals surface area contributed by atoms with Gasteiger partial charge in [0.1, 0.15) is 11.4 Å². The normalized spacial score (nSPS) is 30.5. The van der Waals surface area contributed by atoms with Crippen molar-refractivity contribution in [3.63, 3.8) is 0 Å². The SMILES string of the molecule is C=CC1=C(C=C)C(=O)CC2(CCNC2)O1. The van der Waals surface area contributed by atoms with E-state index in [1.165, 1.54) is 0 Å². The van der Waals surface area contributed by atoms with Crippen molar-refractivity contribution in [3.05, 3.63) is 36.6 Å². The van der Waals surface area contributed by atoms with Crippen LogP contribution in [-0.2, 0) is 9.53 Å². The Morgan fingerprint density at radius 3 is 2.73 bits per heavy atom. The predicted molar refractivity (Wildman–Crippen MR) is 58.3 cm³/mol.